The van der Waals surface area contributed by atoms with Crippen molar-refractivity contribution in [3.05, 3.63) is 11.9 Å². The van der Waals surface area contributed by atoms with Gasteiger partial charge in [-0.15, -0.1) is 0 Å². The average Bonchev–Trinajstić information content (AvgIpc) is 3.03. The van der Waals surface area contributed by atoms with Crippen LogP contribution in [-0.2, 0) is 0 Å². The third-order valence-corrected chi connectivity index (χ3v) is 2.84. The van der Waals surface area contributed by atoms with Gasteiger partial charge in [0.15, 0.2) is 0 Å². The Morgan fingerprint density at radius 2 is 2.00 bits per heavy atom. The molecule has 1 saturated carbocycles. The van der Waals surface area contributed by atoms with Crippen LogP contribution in [0.25, 0.3) is 0 Å². The number of rotatable bonds is 5. The highest BCUT2D eigenvalue weighted by molar-refractivity contribution is 5.50. The monoisotopic (exact) mass is 220 g/mol. The molecule has 0 aromatic carbocycles. The summed E-state index contributed by atoms with van der Waals surface area (Å²) in [6, 6.07) is 2.69. The summed E-state index contributed by atoms with van der Waals surface area (Å²) in [5.74, 6) is 2.84. The van der Waals surface area contributed by atoms with Crippen LogP contribution >= 0.6 is 0 Å². The third-order valence-electron chi connectivity index (χ3n) is 2.84. The molecule has 88 valence electrons. The van der Waals surface area contributed by atoms with E-state index in [0.29, 0.717) is 6.04 Å². The van der Waals surface area contributed by atoms with Gasteiger partial charge in [-0.1, -0.05) is 0 Å². The van der Waals surface area contributed by atoms with E-state index in [9.17, 15) is 0 Å². The van der Waals surface area contributed by atoms with Gasteiger partial charge in [-0.3, -0.25) is 0 Å². The lowest BCUT2D eigenvalue weighted by Crippen LogP contribution is -2.23. The first-order chi connectivity index (χ1) is 7.72. The first-order valence-electron chi connectivity index (χ1n) is 6.10. The van der Waals surface area contributed by atoms with E-state index in [-0.39, 0.29) is 0 Å². The molecule has 1 N–H and O–H groups in total. The predicted octanol–water partition coefficient (Wildman–Crippen LogP) is 2.21. The zero-order chi connectivity index (χ0) is 11.5. The zero-order valence-electron chi connectivity index (χ0n) is 10.3. The maximum absolute atomic E-state index is 4.48. The maximum atomic E-state index is 4.48. The van der Waals surface area contributed by atoms with E-state index in [1.807, 2.05) is 6.92 Å². The molecule has 4 heteroatoms. The van der Waals surface area contributed by atoms with Crippen molar-refractivity contribution >= 4 is 11.6 Å². The van der Waals surface area contributed by atoms with E-state index in [0.717, 1.165) is 30.5 Å². The Morgan fingerprint density at radius 3 is 2.56 bits per heavy atom. The van der Waals surface area contributed by atoms with Crippen molar-refractivity contribution < 1.29 is 0 Å². The number of nitrogens with one attached hydrogen (secondary N) is 1. The minimum absolute atomic E-state index is 0.638. The van der Waals surface area contributed by atoms with Crippen LogP contribution in [0.15, 0.2) is 6.07 Å². The second-order valence-corrected chi connectivity index (χ2v) is 4.25. The summed E-state index contributed by atoms with van der Waals surface area (Å²) in [4.78, 5) is 11.1. The molecule has 0 amide bonds. The van der Waals surface area contributed by atoms with E-state index >= 15 is 0 Å². The zero-order valence-corrected chi connectivity index (χ0v) is 10.3. The molecule has 4 nitrogen and oxygen atoms in total. The molecule has 0 bridgehead atoms. The number of anilines is 2. The summed E-state index contributed by atoms with van der Waals surface area (Å²) in [5.41, 5.74) is 0. The van der Waals surface area contributed by atoms with Crippen molar-refractivity contribution in [2.45, 2.75) is 39.7 Å². The van der Waals surface area contributed by atoms with Crippen molar-refractivity contribution in [1.29, 1.82) is 0 Å². The Bertz CT molecular complexity index is 356. The lowest BCUT2D eigenvalue weighted by atomic mass is 10.4. The van der Waals surface area contributed by atoms with Crippen LogP contribution in [0.3, 0.4) is 0 Å². The van der Waals surface area contributed by atoms with Crippen molar-refractivity contribution in [2.75, 3.05) is 23.3 Å². The molecule has 0 atom stereocenters. The Morgan fingerprint density at radius 1 is 1.31 bits per heavy atom. The Hall–Kier alpha value is -1.32. The Labute approximate surface area is 97.1 Å². The molecule has 1 heterocycles. The largest absolute Gasteiger partial charge is 0.367 e. The van der Waals surface area contributed by atoms with E-state index in [2.05, 4.69) is 40.1 Å². The van der Waals surface area contributed by atoms with Gasteiger partial charge >= 0.3 is 0 Å². The van der Waals surface area contributed by atoms with E-state index in [1.54, 1.807) is 0 Å². The smallest absolute Gasteiger partial charge is 0.134 e. The van der Waals surface area contributed by atoms with Crippen molar-refractivity contribution in [3.8, 4) is 0 Å². The van der Waals surface area contributed by atoms with Gasteiger partial charge in [0.1, 0.15) is 17.5 Å². The minimum atomic E-state index is 0.638. The molecule has 1 fully saturated rings. The molecule has 1 aliphatic rings. The van der Waals surface area contributed by atoms with Gasteiger partial charge < -0.3 is 10.2 Å². The van der Waals surface area contributed by atoms with Gasteiger partial charge in [0, 0.05) is 25.2 Å². The highest BCUT2D eigenvalue weighted by atomic mass is 15.2. The number of nitrogens with zero attached hydrogens (tertiary/aromatic N) is 3. The molecule has 0 spiro atoms. The maximum Gasteiger partial charge on any atom is 0.134 e. The molecule has 1 aliphatic carbocycles. The molecule has 1 aromatic rings. The summed E-state index contributed by atoms with van der Waals surface area (Å²) in [6.07, 6.45) is 2.54. The number of aryl methyl sites for hydroxylation is 1. The first-order valence-corrected chi connectivity index (χ1v) is 6.10. The number of hydrogen-bond acceptors (Lipinski definition) is 4. The highest BCUT2D eigenvalue weighted by Crippen LogP contribution is 2.25. The lowest BCUT2D eigenvalue weighted by molar-refractivity contribution is 0.834. The number of aromatic nitrogens is 2. The SMILES string of the molecule is CCN(CC)c1cc(NC2CC2)nc(C)n1. The van der Waals surface area contributed by atoms with Crippen LogP contribution in [-0.4, -0.2) is 29.1 Å². The summed E-state index contributed by atoms with van der Waals surface area (Å²) in [5, 5.41) is 3.42. The average molecular weight is 220 g/mol. The van der Waals surface area contributed by atoms with Crippen LogP contribution in [0.4, 0.5) is 11.6 Å². The summed E-state index contributed by atoms with van der Waals surface area (Å²) in [7, 11) is 0. The minimum Gasteiger partial charge on any atom is -0.367 e. The van der Waals surface area contributed by atoms with E-state index in [4.69, 9.17) is 0 Å². The molecule has 1 aromatic heterocycles. The number of hydrogen-bond donors (Lipinski definition) is 1. The second kappa shape index (κ2) is 4.68. The first kappa shape index (κ1) is 11.2. The molecule has 16 heavy (non-hydrogen) atoms. The third kappa shape index (κ3) is 2.62. The molecule has 0 aliphatic heterocycles. The van der Waals surface area contributed by atoms with Crippen LogP contribution in [0.2, 0.25) is 0 Å². The fraction of sp³-hybridized carbons (Fsp3) is 0.667. The van der Waals surface area contributed by atoms with Crippen molar-refractivity contribution in [1.82, 2.24) is 9.97 Å². The van der Waals surface area contributed by atoms with Crippen LogP contribution in [0, 0.1) is 6.92 Å². The lowest BCUT2D eigenvalue weighted by Gasteiger charge is -2.20. The molecule has 0 saturated heterocycles. The fourth-order valence-corrected chi connectivity index (χ4v) is 1.77. The van der Waals surface area contributed by atoms with Gasteiger partial charge in [0.2, 0.25) is 0 Å². The molecular weight excluding hydrogens is 200 g/mol. The Balaban J connectivity index is 2.19. The molecule has 0 unspecified atom stereocenters. The fourth-order valence-electron chi connectivity index (χ4n) is 1.77. The normalized spacial score (nSPS) is 14.9. The summed E-state index contributed by atoms with van der Waals surface area (Å²) >= 11 is 0. The molecular formula is C12H20N4. The van der Waals surface area contributed by atoms with E-state index in [1.165, 1.54) is 12.8 Å². The van der Waals surface area contributed by atoms with Gasteiger partial charge in [0.25, 0.3) is 0 Å². The van der Waals surface area contributed by atoms with Crippen LogP contribution in [0.1, 0.15) is 32.5 Å². The summed E-state index contributed by atoms with van der Waals surface area (Å²) in [6.45, 7) is 8.21. The van der Waals surface area contributed by atoms with Gasteiger partial charge in [0.05, 0.1) is 0 Å². The van der Waals surface area contributed by atoms with Crippen LogP contribution in [0.5, 0.6) is 0 Å². The van der Waals surface area contributed by atoms with Gasteiger partial charge in [-0.25, -0.2) is 9.97 Å². The highest BCUT2D eigenvalue weighted by Gasteiger charge is 2.21. The van der Waals surface area contributed by atoms with Crippen LogP contribution < -0.4 is 10.2 Å². The van der Waals surface area contributed by atoms with Crippen molar-refractivity contribution in [2.24, 2.45) is 0 Å². The standard InChI is InChI=1S/C12H20N4/c1-4-16(5-2)12-8-11(13-9(3)14-12)15-10-6-7-10/h8,10H,4-7H2,1-3H3,(H,13,14,15). The predicted molar refractivity (Wildman–Crippen MR) is 67.0 cm³/mol. The topological polar surface area (TPSA) is 41.0 Å². The summed E-state index contributed by atoms with van der Waals surface area (Å²) < 4.78 is 0. The van der Waals surface area contributed by atoms with Crippen molar-refractivity contribution in [3.63, 3.8) is 0 Å². The van der Waals surface area contributed by atoms with E-state index < -0.39 is 0 Å². The molecule has 0 radical (unpaired) electrons. The van der Waals surface area contributed by atoms with Gasteiger partial charge in [-0.05, 0) is 33.6 Å². The second-order valence-electron chi connectivity index (χ2n) is 4.25. The van der Waals surface area contributed by atoms with Gasteiger partial charge in [-0.2, -0.15) is 0 Å². The molecule has 2 rings (SSSR count). The quantitative estimate of drug-likeness (QED) is 0.826. The Kier molecular flexibility index (Phi) is 3.27.